The number of aryl methyl sites for hydroxylation is 1. The smallest absolute Gasteiger partial charge is 0.0945 e. The summed E-state index contributed by atoms with van der Waals surface area (Å²) in [7, 11) is 0. The minimum atomic E-state index is 0.785. The second-order valence-corrected chi connectivity index (χ2v) is 6.93. The Hall–Kier alpha value is -2.07. The number of fused-ring (bicyclic) bond motifs is 1. The number of nitrogens with zero attached hydrogens (tertiary/aromatic N) is 4. The lowest BCUT2D eigenvalue weighted by molar-refractivity contribution is 0.167. The van der Waals surface area contributed by atoms with Crippen molar-refractivity contribution in [2.75, 3.05) is 13.1 Å². The first-order valence-corrected chi connectivity index (χ1v) is 9.08. The number of aromatic nitrogens is 3. The highest BCUT2D eigenvalue weighted by Gasteiger charge is 2.20. The Labute approximate surface area is 143 Å². The summed E-state index contributed by atoms with van der Waals surface area (Å²) in [4.78, 5) is 6.76. The van der Waals surface area contributed by atoms with E-state index in [9.17, 15) is 0 Å². The van der Waals surface area contributed by atoms with Gasteiger partial charge in [0.2, 0.25) is 0 Å². The van der Waals surface area contributed by atoms with E-state index >= 15 is 0 Å². The minimum absolute atomic E-state index is 0.785. The summed E-state index contributed by atoms with van der Waals surface area (Å²) in [6.45, 7) is 7.82. The van der Waals surface area contributed by atoms with Crippen LogP contribution in [0.1, 0.15) is 25.3 Å². The quantitative estimate of drug-likeness (QED) is 0.715. The van der Waals surface area contributed by atoms with Gasteiger partial charge >= 0.3 is 0 Å². The molecule has 126 valence electrons. The van der Waals surface area contributed by atoms with Crippen LogP contribution in [0.25, 0.3) is 10.9 Å². The molecule has 3 heterocycles. The molecule has 3 aromatic rings. The number of hydrogen-bond donors (Lipinski definition) is 0. The Morgan fingerprint density at radius 1 is 1.12 bits per heavy atom. The summed E-state index contributed by atoms with van der Waals surface area (Å²) < 4.78 is 4.55. The summed E-state index contributed by atoms with van der Waals surface area (Å²) in [5.74, 6) is 0.785. The van der Waals surface area contributed by atoms with Gasteiger partial charge in [-0.15, -0.1) is 0 Å². The van der Waals surface area contributed by atoms with Crippen LogP contribution in [0, 0.1) is 5.92 Å². The number of piperidine rings is 1. The van der Waals surface area contributed by atoms with Crippen LogP contribution in [0.5, 0.6) is 0 Å². The molecule has 0 radical (unpaired) electrons. The van der Waals surface area contributed by atoms with Crippen molar-refractivity contribution < 1.29 is 0 Å². The second kappa shape index (κ2) is 6.81. The van der Waals surface area contributed by atoms with Gasteiger partial charge in [-0.25, -0.2) is 4.98 Å². The maximum atomic E-state index is 4.15. The first kappa shape index (κ1) is 15.5. The first-order valence-electron chi connectivity index (χ1n) is 9.08. The third kappa shape index (κ3) is 3.11. The van der Waals surface area contributed by atoms with E-state index in [-0.39, 0.29) is 0 Å². The van der Waals surface area contributed by atoms with E-state index in [2.05, 4.69) is 62.6 Å². The molecule has 0 unspecified atom stereocenters. The number of hydrogen-bond acceptors (Lipinski definition) is 2. The van der Waals surface area contributed by atoms with Gasteiger partial charge in [-0.05, 0) is 56.5 Å². The van der Waals surface area contributed by atoms with Gasteiger partial charge in [0.1, 0.15) is 0 Å². The van der Waals surface area contributed by atoms with E-state index < -0.39 is 0 Å². The van der Waals surface area contributed by atoms with Gasteiger partial charge in [-0.1, -0.05) is 12.1 Å². The van der Waals surface area contributed by atoms with Gasteiger partial charge in [0.05, 0.1) is 6.33 Å². The van der Waals surface area contributed by atoms with Gasteiger partial charge in [0.25, 0.3) is 0 Å². The van der Waals surface area contributed by atoms with Gasteiger partial charge < -0.3 is 9.13 Å². The predicted octanol–water partition coefficient (Wildman–Crippen LogP) is 3.77. The Balaban J connectivity index is 1.39. The zero-order valence-corrected chi connectivity index (χ0v) is 14.4. The van der Waals surface area contributed by atoms with Crippen LogP contribution < -0.4 is 0 Å². The number of imidazole rings is 1. The molecule has 1 aliphatic heterocycles. The summed E-state index contributed by atoms with van der Waals surface area (Å²) in [6, 6.07) is 9.01. The summed E-state index contributed by atoms with van der Waals surface area (Å²) >= 11 is 0. The zero-order valence-electron chi connectivity index (χ0n) is 14.4. The van der Waals surface area contributed by atoms with Crippen molar-refractivity contribution in [2.45, 2.75) is 39.4 Å². The van der Waals surface area contributed by atoms with Crippen molar-refractivity contribution >= 4 is 10.9 Å². The van der Waals surface area contributed by atoms with Crippen LogP contribution in [0.4, 0.5) is 0 Å². The Morgan fingerprint density at radius 2 is 2.00 bits per heavy atom. The summed E-state index contributed by atoms with van der Waals surface area (Å²) in [5.41, 5.74) is 2.83. The molecule has 4 heteroatoms. The zero-order chi connectivity index (χ0) is 16.4. The van der Waals surface area contributed by atoms with Gasteiger partial charge in [-0.3, -0.25) is 4.90 Å². The molecule has 24 heavy (non-hydrogen) atoms. The molecule has 0 N–H and O–H groups in total. The van der Waals surface area contributed by atoms with Crippen molar-refractivity contribution in [2.24, 2.45) is 5.92 Å². The maximum Gasteiger partial charge on any atom is 0.0945 e. The molecule has 1 aliphatic rings. The highest BCUT2D eigenvalue weighted by molar-refractivity contribution is 5.83. The van der Waals surface area contributed by atoms with E-state index in [4.69, 9.17) is 0 Å². The molecular formula is C20H26N4. The van der Waals surface area contributed by atoms with Crippen LogP contribution in [0.15, 0.2) is 49.2 Å². The largest absolute Gasteiger partial charge is 0.348 e. The van der Waals surface area contributed by atoms with Crippen molar-refractivity contribution in [1.29, 1.82) is 0 Å². The van der Waals surface area contributed by atoms with Crippen LogP contribution >= 0.6 is 0 Å². The molecule has 0 amide bonds. The number of benzene rings is 1. The van der Waals surface area contributed by atoms with E-state index in [1.54, 1.807) is 0 Å². The van der Waals surface area contributed by atoms with E-state index in [1.807, 2.05) is 12.5 Å². The molecule has 1 fully saturated rings. The topological polar surface area (TPSA) is 26.0 Å². The van der Waals surface area contributed by atoms with Crippen LogP contribution in [-0.4, -0.2) is 32.1 Å². The number of likely N-dealkylation sites (tertiary alicyclic amines) is 1. The molecule has 2 aromatic heterocycles. The van der Waals surface area contributed by atoms with Crippen molar-refractivity contribution in [3.63, 3.8) is 0 Å². The Bertz CT molecular complexity index is 779. The van der Waals surface area contributed by atoms with Crippen molar-refractivity contribution in [3.05, 3.63) is 54.7 Å². The maximum absolute atomic E-state index is 4.15. The van der Waals surface area contributed by atoms with Crippen molar-refractivity contribution in [1.82, 2.24) is 19.0 Å². The molecule has 1 aromatic carbocycles. The lowest BCUT2D eigenvalue weighted by atomic mass is 9.96. The van der Waals surface area contributed by atoms with Crippen LogP contribution in [-0.2, 0) is 19.6 Å². The molecule has 0 bridgehead atoms. The first-order chi connectivity index (χ1) is 11.8. The highest BCUT2D eigenvalue weighted by atomic mass is 15.1. The lowest BCUT2D eigenvalue weighted by Crippen LogP contribution is -2.34. The summed E-state index contributed by atoms with van der Waals surface area (Å²) in [5, 5.41) is 1.42. The number of rotatable bonds is 5. The highest BCUT2D eigenvalue weighted by Crippen LogP contribution is 2.25. The predicted molar refractivity (Wildman–Crippen MR) is 97.8 cm³/mol. The normalized spacial score (nSPS) is 16.9. The SMILES string of the molecule is CCn1ccc2c(CN3CCC(Cn4ccnc4)CC3)cccc21. The monoisotopic (exact) mass is 322 g/mol. The fourth-order valence-corrected chi connectivity index (χ4v) is 3.96. The molecule has 0 saturated carbocycles. The van der Waals surface area contributed by atoms with E-state index in [0.29, 0.717) is 0 Å². The molecule has 4 rings (SSSR count). The van der Waals surface area contributed by atoms with Crippen LogP contribution in [0.2, 0.25) is 0 Å². The third-order valence-electron chi connectivity index (χ3n) is 5.37. The Kier molecular flexibility index (Phi) is 4.39. The summed E-state index contributed by atoms with van der Waals surface area (Å²) in [6.07, 6.45) is 10.7. The molecule has 4 nitrogen and oxygen atoms in total. The van der Waals surface area contributed by atoms with Crippen molar-refractivity contribution in [3.8, 4) is 0 Å². The molecule has 0 atom stereocenters. The fraction of sp³-hybridized carbons (Fsp3) is 0.450. The molecular weight excluding hydrogens is 296 g/mol. The molecule has 0 spiro atoms. The minimum Gasteiger partial charge on any atom is -0.348 e. The van der Waals surface area contributed by atoms with E-state index in [0.717, 1.165) is 25.6 Å². The van der Waals surface area contributed by atoms with E-state index in [1.165, 1.54) is 42.4 Å². The van der Waals surface area contributed by atoms with Gasteiger partial charge in [-0.2, -0.15) is 0 Å². The van der Waals surface area contributed by atoms with Gasteiger partial charge in [0, 0.05) is 49.1 Å². The average Bonchev–Trinajstić information content (AvgIpc) is 3.26. The second-order valence-electron chi connectivity index (χ2n) is 6.93. The molecule has 1 saturated heterocycles. The average molecular weight is 322 g/mol. The standard InChI is InChI=1S/C20H26N4/c1-2-24-12-8-19-18(4-3-5-20(19)24)15-22-10-6-17(7-11-22)14-23-13-9-21-16-23/h3-5,8-9,12-13,16-17H,2,6-7,10-11,14-15H2,1H3. The lowest BCUT2D eigenvalue weighted by Gasteiger charge is -2.32. The fourth-order valence-electron chi connectivity index (χ4n) is 3.96. The molecule has 0 aliphatic carbocycles. The van der Waals surface area contributed by atoms with Crippen LogP contribution in [0.3, 0.4) is 0 Å². The third-order valence-corrected chi connectivity index (χ3v) is 5.37. The Morgan fingerprint density at radius 3 is 2.75 bits per heavy atom. The van der Waals surface area contributed by atoms with Gasteiger partial charge in [0.15, 0.2) is 0 Å².